The van der Waals surface area contributed by atoms with E-state index in [1.54, 1.807) is 30.3 Å². The molecule has 0 radical (unpaired) electrons. The molecule has 92 valence electrons. The Bertz CT molecular complexity index is 576. The molecule has 2 N–H and O–H groups in total. The SMILES string of the molecule is O=Cc1c(O)cc(Sc2ccccc2O)cc1Cl. The lowest BCUT2D eigenvalue weighted by Crippen LogP contribution is -1.85. The van der Waals surface area contributed by atoms with Crippen LogP contribution in [0.1, 0.15) is 10.4 Å². The summed E-state index contributed by atoms with van der Waals surface area (Å²) in [6.07, 6.45) is 0.506. The van der Waals surface area contributed by atoms with Gasteiger partial charge < -0.3 is 10.2 Å². The van der Waals surface area contributed by atoms with E-state index in [1.165, 1.54) is 17.8 Å². The van der Waals surface area contributed by atoms with E-state index in [9.17, 15) is 15.0 Å². The van der Waals surface area contributed by atoms with Crippen LogP contribution in [0.15, 0.2) is 46.2 Å². The summed E-state index contributed by atoms with van der Waals surface area (Å²) in [5, 5.41) is 19.4. The van der Waals surface area contributed by atoms with Crippen molar-refractivity contribution in [1.82, 2.24) is 0 Å². The average molecular weight is 281 g/mol. The number of carbonyl (C=O) groups excluding carboxylic acids is 1. The number of rotatable bonds is 3. The van der Waals surface area contributed by atoms with E-state index < -0.39 is 0 Å². The number of hydrogen-bond donors (Lipinski definition) is 2. The molecule has 2 rings (SSSR count). The zero-order valence-electron chi connectivity index (χ0n) is 9.13. The summed E-state index contributed by atoms with van der Waals surface area (Å²) in [4.78, 5) is 12.0. The first kappa shape index (κ1) is 12.8. The van der Waals surface area contributed by atoms with Crippen molar-refractivity contribution in [2.75, 3.05) is 0 Å². The molecule has 2 aromatic carbocycles. The topological polar surface area (TPSA) is 57.5 Å². The number of carbonyl (C=O) groups is 1. The molecule has 0 aliphatic rings. The van der Waals surface area contributed by atoms with Crippen LogP contribution >= 0.6 is 23.4 Å². The summed E-state index contributed by atoms with van der Waals surface area (Å²) < 4.78 is 0. The van der Waals surface area contributed by atoms with Crippen molar-refractivity contribution in [3.8, 4) is 11.5 Å². The monoisotopic (exact) mass is 280 g/mol. The smallest absolute Gasteiger partial charge is 0.155 e. The fourth-order valence-electron chi connectivity index (χ4n) is 1.43. The van der Waals surface area contributed by atoms with Gasteiger partial charge in [-0.05, 0) is 24.3 Å². The van der Waals surface area contributed by atoms with E-state index in [1.807, 2.05) is 0 Å². The Hall–Kier alpha value is -1.65. The standard InChI is InChI=1S/C13H9ClO3S/c14-10-5-8(6-12(17)9(10)7-15)18-13-4-2-1-3-11(13)16/h1-7,16-17H. The van der Waals surface area contributed by atoms with Crippen LogP contribution in [0.4, 0.5) is 0 Å². The molecule has 0 saturated carbocycles. The maximum Gasteiger partial charge on any atom is 0.155 e. The van der Waals surface area contributed by atoms with Crippen LogP contribution in [0.2, 0.25) is 5.02 Å². The quantitative estimate of drug-likeness (QED) is 0.842. The van der Waals surface area contributed by atoms with Crippen molar-refractivity contribution in [2.24, 2.45) is 0 Å². The zero-order chi connectivity index (χ0) is 13.1. The number of benzene rings is 2. The van der Waals surface area contributed by atoms with Crippen LogP contribution in [0.5, 0.6) is 11.5 Å². The van der Waals surface area contributed by atoms with Gasteiger partial charge in [0.2, 0.25) is 0 Å². The van der Waals surface area contributed by atoms with Crippen LogP contribution in [0, 0.1) is 0 Å². The first-order valence-corrected chi connectivity index (χ1v) is 6.25. The Morgan fingerprint density at radius 3 is 2.44 bits per heavy atom. The summed E-state index contributed by atoms with van der Waals surface area (Å²) in [6.45, 7) is 0. The number of phenols is 2. The number of hydrogen-bond acceptors (Lipinski definition) is 4. The van der Waals surface area contributed by atoms with Crippen LogP contribution in [-0.4, -0.2) is 16.5 Å². The molecule has 0 bridgehead atoms. The van der Waals surface area contributed by atoms with E-state index in [0.717, 1.165) is 0 Å². The first-order valence-electron chi connectivity index (χ1n) is 5.05. The lowest BCUT2D eigenvalue weighted by atomic mass is 10.2. The van der Waals surface area contributed by atoms with Gasteiger partial charge >= 0.3 is 0 Å². The van der Waals surface area contributed by atoms with Crippen molar-refractivity contribution in [3.63, 3.8) is 0 Å². The predicted molar refractivity (Wildman–Crippen MR) is 70.7 cm³/mol. The van der Waals surface area contributed by atoms with Gasteiger partial charge in [0.25, 0.3) is 0 Å². The van der Waals surface area contributed by atoms with Gasteiger partial charge in [-0.25, -0.2) is 0 Å². The number of para-hydroxylation sites is 1. The van der Waals surface area contributed by atoms with Crippen molar-refractivity contribution < 1.29 is 15.0 Å². The predicted octanol–water partition coefficient (Wildman–Crippen LogP) is 3.71. The van der Waals surface area contributed by atoms with Gasteiger partial charge in [-0.1, -0.05) is 35.5 Å². The van der Waals surface area contributed by atoms with Crippen molar-refractivity contribution >= 4 is 29.6 Å². The number of phenolic OH excluding ortho intramolecular Hbond substituents is 2. The molecule has 5 heteroatoms. The molecule has 0 unspecified atom stereocenters. The second-order valence-corrected chi connectivity index (χ2v) is 5.05. The highest BCUT2D eigenvalue weighted by Gasteiger charge is 2.10. The molecule has 18 heavy (non-hydrogen) atoms. The Balaban J connectivity index is 2.36. The molecular weight excluding hydrogens is 272 g/mol. The fraction of sp³-hybridized carbons (Fsp3) is 0. The van der Waals surface area contributed by atoms with Gasteiger partial charge in [-0.2, -0.15) is 0 Å². The lowest BCUT2D eigenvalue weighted by Gasteiger charge is -2.07. The molecule has 0 aliphatic heterocycles. The maximum absolute atomic E-state index is 10.7. The molecule has 0 saturated heterocycles. The number of aromatic hydroxyl groups is 2. The highest BCUT2D eigenvalue weighted by molar-refractivity contribution is 7.99. The van der Waals surface area contributed by atoms with Crippen LogP contribution in [-0.2, 0) is 0 Å². The third kappa shape index (κ3) is 2.60. The highest BCUT2D eigenvalue weighted by Crippen LogP contribution is 2.38. The minimum atomic E-state index is -0.171. The molecule has 0 aromatic heterocycles. The third-order valence-corrected chi connectivity index (χ3v) is 3.64. The normalized spacial score (nSPS) is 10.3. The summed E-state index contributed by atoms with van der Waals surface area (Å²) in [6, 6.07) is 9.85. The zero-order valence-corrected chi connectivity index (χ0v) is 10.7. The first-order chi connectivity index (χ1) is 8.61. The molecule has 0 spiro atoms. The highest BCUT2D eigenvalue weighted by atomic mass is 35.5. The molecule has 0 aliphatic carbocycles. The Kier molecular flexibility index (Phi) is 3.79. The summed E-state index contributed by atoms with van der Waals surface area (Å²) in [7, 11) is 0. The van der Waals surface area contributed by atoms with Crippen LogP contribution in [0.25, 0.3) is 0 Å². The van der Waals surface area contributed by atoms with Crippen molar-refractivity contribution in [1.29, 1.82) is 0 Å². The average Bonchev–Trinajstić information content (AvgIpc) is 2.32. The van der Waals surface area contributed by atoms with Crippen LogP contribution in [0.3, 0.4) is 0 Å². The molecule has 2 aromatic rings. The summed E-state index contributed by atoms with van der Waals surface area (Å²) in [5.41, 5.74) is 0.0679. The van der Waals surface area contributed by atoms with Gasteiger partial charge in [-0.15, -0.1) is 0 Å². The van der Waals surface area contributed by atoms with E-state index in [-0.39, 0.29) is 22.1 Å². The fourth-order valence-corrected chi connectivity index (χ4v) is 2.67. The minimum Gasteiger partial charge on any atom is -0.507 e. The van der Waals surface area contributed by atoms with E-state index in [4.69, 9.17) is 11.6 Å². The van der Waals surface area contributed by atoms with Gasteiger partial charge in [0.05, 0.1) is 15.5 Å². The minimum absolute atomic E-state index is 0.0679. The second-order valence-electron chi connectivity index (χ2n) is 3.53. The molecule has 0 amide bonds. The lowest BCUT2D eigenvalue weighted by molar-refractivity contribution is 0.112. The number of halogens is 1. The second kappa shape index (κ2) is 5.33. The van der Waals surface area contributed by atoms with Crippen LogP contribution < -0.4 is 0 Å². The molecule has 0 atom stereocenters. The largest absolute Gasteiger partial charge is 0.507 e. The molecule has 3 nitrogen and oxygen atoms in total. The van der Waals surface area contributed by atoms with Gasteiger partial charge in [0, 0.05) is 4.90 Å². The van der Waals surface area contributed by atoms with E-state index in [2.05, 4.69) is 0 Å². The Morgan fingerprint density at radius 1 is 1.11 bits per heavy atom. The van der Waals surface area contributed by atoms with Gasteiger partial charge in [0.1, 0.15) is 11.5 Å². The molecule has 0 heterocycles. The third-order valence-electron chi connectivity index (χ3n) is 2.29. The Morgan fingerprint density at radius 2 is 1.83 bits per heavy atom. The maximum atomic E-state index is 10.7. The van der Waals surface area contributed by atoms with Gasteiger partial charge in [0.15, 0.2) is 6.29 Å². The van der Waals surface area contributed by atoms with Gasteiger partial charge in [-0.3, -0.25) is 4.79 Å². The van der Waals surface area contributed by atoms with E-state index in [0.29, 0.717) is 16.1 Å². The number of aldehydes is 1. The molecular formula is C13H9ClO3S. The summed E-state index contributed by atoms with van der Waals surface area (Å²) in [5.74, 6) is -0.0204. The Labute approximate surface area is 113 Å². The summed E-state index contributed by atoms with van der Waals surface area (Å²) >= 11 is 7.13. The van der Waals surface area contributed by atoms with Crippen molar-refractivity contribution in [3.05, 3.63) is 47.0 Å². The van der Waals surface area contributed by atoms with Crippen molar-refractivity contribution in [2.45, 2.75) is 9.79 Å². The van der Waals surface area contributed by atoms with E-state index >= 15 is 0 Å². The molecule has 0 fully saturated rings.